The number of nitrogens with zero attached hydrogens (tertiary/aromatic N) is 3. The molecule has 3 rings (SSSR count). The highest BCUT2D eigenvalue weighted by Crippen LogP contribution is 2.33. The summed E-state index contributed by atoms with van der Waals surface area (Å²) in [6.07, 6.45) is 2.21. The van der Waals surface area contributed by atoms with Gasteiger partial charge in [-0.3, -0.25) is 10.1 Å². The molecule has 0 amide bonds. The van der Waals surface area contributed by atoms with Gasteiger partial charge in [0.05, 0.1) is 10.6 Å². The molecular weight excluding hydrogens is 266 g/mol. The monoisotopic (exact) mass is 285 g/mol. The first-order valence-corrected chi connectivity index (χ1v) is 7.26. The van der Waals surface area contributed by atoms with Crippen molar-refractivity contribution in [3.8, 4) is 5.69 Å². The second-order valence-corrected chi connectivity index (χ2v) is 5.58. The molecule has 1 aliphatic rings. The maximum atomic E-state index is 11.4. The molecule has 0 bridgehead atoms. The van der Waals surface area contributed by atoms with E-state index in [4.69, 9.17) is 0 Å². The molecule has 0 N–H and O–H groups in total. The fourth-order valence-corrected chi connectivity index (χ4v) is 3.10. The number of benzene rings is 1. The number of aryl methyl sites for hydroxylation is 2. The highest BCUT2D eigenvalue weighted by Gasteiger charge is 2.23. The Hall–Kier alpha value is -2.30. The zero-order valence-electron chi connectivity index (χ0n) is 12.4. The maximum Gasteiger partial charge on any atom is 0.294 e. The summed E-state index contributed by atoms with van der Waals surface area (Å²) in [5.41, 5.74) is 3.95. The molecule has 5 heteroatoms. The molecule has 5 nitrogen and oxygen atoms in total. The zero-order valence-corrected chi connectivity index (χ0v) is 12.4. The molecule has 1 aromatic heterocycles. The van der Waals surface area contributed by atoms with Gasteiger partial charge in [0.15, 0.2) is 0 Å². The van der Waals surface area contributed by atoms with Crippen molar-refractivity contribution in [2.75, 3.05) is 18.0 Å². The molecule has 1 saturated heterocycles. The van der Waals surface area contributed by atoms with E-state index in [0.29, 0.717) is 0 Å². The number of hydrogen-bond donors (Lipinski definition) is 0. The molecule has 0 saturated carbocycles. The van der Waals surface area contributed by atoms with Gasteiger partial charge in [0.25, 0.3) is 5.69 Å². The summed E-state index contributed by atoms with van der Waals surface area (Å²) in [4.78, 5) is 13.3. The number of hydrogen-bond acceptors (Lipinski definition) is 3. The Bertz CT molecular complexity index is 665. The summed E-state index contributed by atoms with van der Waals surface area (Å²) >= 11 is 0. The van der Waals surface area contributed by atoms with Crippen molar-refractivity contribution in [3.63, 3.8) is 0 Å². The van der Waals surface area contributed by atoms with Crippen molar-refractivity contribution in [1.82, 2.24) is 4.57 Å². The molecule has 0 spiro atoms. The van der Waals surface area contributed by atoms with Crippen LogP contribution in [0.25, 0.3) is 5.69 Å². The van der Waals surface area contributed by atoms with Crippen molar-refractivity contribution >= 4 is 11.4 Å². The topological polar surface area (TPSA) is 51.3 Å². The van der Waals surface area contributed by atoms with Crippen LogP contribution in [0.5, 0.6) is 0 Å². The highest BCUT2D eigenvalue weighted by molar-refractivity contribution is 5.67. The molecule has 1 fully saturated rings. The van der Waals surface area contributed by atoms with Crippen LogP contribution in [0.2, 0.25) is 0 Å². The molecule has 0 radical (unpaired) electrons. The predicted octanol–water partition coefficient (Wildman–Crippen LogP) is 3.60. The number of nitro benzene ring substituents is 1. The van der Waals surface area contributed by atoms with Gasteiger partial charge in [0, 0.05) is 30.5 Å². The lowest BCUT2D eigenvalue weighted by Crippen LogP contribution is -2.19. The summed E-state index contributed by atoms with van der Waals surface area (Å²) in [5.74, 6) is 0. The summed E-state index contributed by atoms with van der Waals surface area (Å²) in [6, 6.07) is 9.59. The molecule has 0 unspecified atom stereocenters. The van der Waals surface area contributed by atoms with Crippen LogP contribution in [0.1, 0.15) is 24.2 Å². The first kappa shape index (κ1) is 13.7. The van der Waals surface area contributed by atoms with Crippen LogP contribution in [0, 0.1) is 24.0 Å². The smallest absolute Gasteiger partial charge is 0.294 e. The Morgan fingerprint density at radius 2 is 1.67 bits per heavy atom. The second kappa shape index (κ2) is 5.24. The zero-order chi connectivity index (χ0) is 15.0. The van der Waals surface area contributed by atoms with Crippen molar-refractivity contribution in [1.29, 1.82) is 0 Å². The predicted molar refractivity (Wildman–Crippen MR) is 83.3 cm³/mol. The molecule has 0 atom stereocenters. The van der Waals surface area contributed by atoms with Crippen molar-refractivity contribution in [2.24, 2.45) is 0 Å². The van der Waals surface area contributed by atoms with E-state index in [2.05, 4.69) is 4.90 Å². The molecule has 2 aromatic rings. The number of anilines is 1. The van der Waals surface area contributed by atoms with Gasteiger partial charge in [-0.1, -0.05) is 0 Å². The molecule has 21 heavy (non-hydrogen) atoms. The Morgan fingerprint density at radius 1 is 1.05 bits per heavy atom. The summed E-state index contributed by atoms with van der Waals surface area (Å²) < 4.78 is 2.04. The Morgan fingerprint density at radius 3 is 2.24 bits per heavy atom. The van der Waals surface area contributed by atoms with E-state index in [0.717, 1.165) is 48.7 Å². The maximum absolute atomic E-state index is 11.4. The minimum atomic E-state index is -0.272. The van der Waals surface area contributed by atoms with Gasteiger partial charge in [0.2, 0.25) is 0 Å². The van der Waals surface area contributed by atoms with Crippen LogP contribution in [-0.2, 0) is 0 Å². The molecule has 2 heterocycles. The minimum absolute atomic E-state index is 0.196. The minimum Gasteiger partial charge on any atom is -0.366 e. The first-order valence-electron chi connectivity index (χ1n) is 7.26. The summed E-state index contributed by atoms with van der Waals surface area (Å²) in [6.45, 7) is 5.82. The summed E-state index contributed by atoms with van der Waals surface area (Å²) in [7, 11) is 0. The van der Waals surface area contributed by atoms with E-state index in [1.165, 1.54) is 0 Å². The molecule has 1 aliphatic heterocycles. The summed E-state index contributed by atoms with van der Waals surface area (Å²) in [5, 5.41) is 11.4. The SMILES string of the molecule is Cc1ccc(C)n1-c1ccc(N2CCCC2)c([N+](=O)[O-])c1. The third kappa shape index (κ3) is 2.39. The standard InChI is InChI=1S/C16H19N3O2/c1-12-5-6-13(2)18(12)14-7-8-15(16(11-14)19(20)21)17-9-3-4-10-17/h5-8,11H,3-4,9-10H2,1-2H3. The van der Waals surface area contributed by atoms with Crippen molar-refractivity contribution in [2.45, 2.75) is 26.7 Å². The average molecular weight is 285 g/mol. The van der Waals surface area contributed by atoms with E-state index in [1.54, 1.807) is 6.07 Å². The second-order valence-electron chi connectivity index (χ2n) is 5.58. The third-order valence-corrected chi connectivity index (χ3v) is 4.13. The normalized spacial score (nSPS) is 14.7. The van der Waals surface area contributed by atoms with Crippen molar-refractivity contribution in [3.05, 3.63) is 51.8 Å². The fraction of sp³-hybridized carbons (Fsp3) is 0.375. The number of rotatable bonds is 3. The molecule has 110 valence electrons. The van der Waals surface area contributed by atoms with E-state index in [-0.39, 0.29) is 10.6 Å². The lowest BCUT2D eigenvalue weighted by Gasteiger charge is -2.18. The molecule has 0 aliphatic carbocycles. The third-order valence-electron chi connectivity index (χ3n) is 4.13. The van der Waals surface area contributed by atoms with Crippen LogP contribution in [0.4, 0.5) is 11.4 Å². The van der Waals surface area contributed by atoms with Gasteiger partial charge in [-0.25, -0.2) is 0 Å². The van der Waals surface area contributed by atoms with Crippen LogP contribution in [-0.4, -0.2) is 22.6 Å². The fourth-order valence-electron chi connectivity index (χ4n) is 3.10. The lowest BCUT2D eigenvalue weighted by molar-refractivity contribution is -0.384. The lowest BCUT2D eigenvalue weighted by atomic mass is 10.2. The van der Waals surface area contributed by atoms with Gasteiger partial charge in [0.1, 0.15) is 5.69 Å². The Labute approximate surface area is 124 Å². The van der Waals surface area contributed by atoms with Gasteiger partial charge in [-0.05, 0) is 51.0 Å². The van der Waals surface area contributed by atoms with Gasteiger partial charge in [-0.2, -0.15) is 0 Å². The first-order chi connectivity index (χ1) is 10.1. The van der Waals surface area contributed by atoms with Gasteiger partial charge >= 0.3 is 0 Å². The Balaban J connectivity index is 2.09. The number of aromatic nitrogens is 1. The van der Waals surface area contributed by atoms with Gasteiger partial charge < -0.3 is 9.47 Å². The quantitative estimate of drug-likeness (QED) is 0.639. The van der Waals surface area contributed by atoms with Crippen LogP contribution >= 0.6 is 0 Å². The van der Waals surface area contributed by atoms with E-state index < -0.39 is 0 Å². The van der Waals surface area contributed by atoms with Crippen LogP contribution in [0.3, 0.4) is 0 Å². The van der Waals surface area contributed by atoms with Crippen molar-refractivity contribution < 1.29 is 4.92 Å². The Kier molecular flexibility index (Phi) is 3.41. The number of nitro groups is 1. The largest absolute Gasteiger partial charge is 0.366 e. The molecule has 1 aromatic carbocycles. The van der Waals surface area contributed by atoms with Crippen LogP contribution in [0.15, 0.2) is 30.3 Å². The molecular formula is C16H19N3O2. The average Bonchev–Trinajstić information content (AvgIpc) is 3.09. The van der Waals surface area contributed by atoms with Crippen LogP contribution < -0.4 is 4.90 Å². The highest BCUT2D eigenvalue weighted by atomic mass is 16.6. The van der Waals surface area contributed by atoms with E-state index in [1.807, 2.05) is 42.7 Å². The van der Waals surface area contributed by atoms with E-state index in [9.17, 15) is 10.1 Å². The van der Waals surface area contributed by atoms with Gasteiger partial charge in [-0.15, -0.1) is 0 Å². The van der Waals surface area contributed by atoms with E-state index >= 15 is 0 Å².